The first kappa shape index (κ1) is 12.0. The maximum atomic E-state index is 12.0. The summed E-state index contributed by atoms with van der Waals surface area (Å²) in [5, 5.41) is 4.53. The van der Waals surface area contributed by atoms with Crippen LogP contribution in [0.5, 0.6) is 0 Å². The largest absolute Gasteiger partial charge is 0.347 e. The Morgan fingerprint density at radius 3 is 3.00 bits per heavy atom. The minimum Gasteiger partial charge on any atom is -0.347 e. The number of carbonyl (C=O) groups is 1. The molecule has 88 valence electrons. The van der Waals surface area contributed by atoms with Gasteiger partial charge in [0.1, 0.15) is 5.37 Å². The molecule has 0 radical (unpaired) electrons. The number of quaternary nitrogens is 1. The van der Waals surface area contributed by atoms with Gasteiger partial charge in [-0.3, -0.25) is 4.79 Å². The molecular weight excluding hydrogens is 240 g/mol. The Labute approximate surface area is 104 Å². The van der Waals surface area contributed by atoms with Crippen LogP contribution in [0.15, 0.2) is 17.5 Å². The highest BCUT2D eigenvalue weighted by atomic mass is 32.2. The van der Waals surface area contributed by atoms with E-state index in [0.717, 1.165) is 13.1 Å². The molecule has 1 fully saturated rings. The van der Waals surface area contributed by atoms with Gasteiger partial charge in [0, 0.05) is 4.88 Å². The molecule has 0 bridgehead atoms. The fourth-order valence-electron chi connectivity index (χ4n) is 1.82. The summed E-state index contributed by atoms with van der Waals surface area (Å²) < 4.78 is 0. The molecule has 2 N–H and O–H groups in total. The Hall–Kier alpha value is -0.520. The third kappa shape index (κ3) is 2.26. The van der Waals surface area contributed by atoms with E-state index in [2.05, 4.69) is 22.8 Å². The number of hydrogen-bond acceptors (Lipinski definition) is 3. The molecule has 16 heavy (non-hydrogen) atoms. The second-order valence-corrected chi connectivity index (χ2v) is 6.28. The molecular formula is C11H17N2OS2+. The summed E-state index contributed by atoms with van der Waals surface area (Å²) in [4.78, 5) is 15.3. The van der Waals surface area contributed by atoms with Gasteiger partial charge in [-0.05, 0) is 18.4 Å². The Morgan fingerprint density at radius 1 is 1.56 bits per heavy atom. The molecule has 1 aliphatic heterocycles. The van der Waals surface area contributed by atoms with Gasteiger partial charge in [0.15, 0.2) is 0 Å². The van der Waals surface area contributed by atoms with E-state index in [9.17, 15) is 4.79 Å². The SMILES string of the molecule is C[NH2+]CCN1C(=O)[C@@H](C)S[C@H]1c1cccs1. The smallest absolute Gasteiger partial charge is 0.236 e. The number of amides is 1. The summed E-state index contributed by atoms with van der Waals surface area (Å²) in [5.41, 5.74) is 0. The summed E-state index contributed by atoms with van der Waals surface area (Å²) >= 11 is 3.50. The quantitative estimate of drug-likeness (QED) is 0.870. The molecule has 2 atom stereocenters. The highest BCUT2D eigenvalue weighted by molar-refractivity contribution is 8.01. The minimum atomic E-state index is 0.101. The highest BCUT2D eigenvalue weighted by Gasteiger charge is 2.38. The number of rotatable bonds is 4. The first-order valence-corrected chi connectivity index (χ1v) is 7.33. The molecule has 0 unspecified atom stereocenters. The number of thiophene rings is 1. The standard InChI is InChI=1S/C11H16N2OS2/c1-8-10(14)13(6-5-12-2)11(16-8)9-4-3-7-15-9/h3-4,7-8,11-12H,5-6H2,1-2H3/p+1/t8-,11+/m1/s1. The van der Waals surface area contributed by atoms with Gasteiger partial charge >= 0.3 is 0 Å². The summed E-state index contributed by atoms with van der Waals surface area (Å²) in [5.74, 6) is 0.283. The number of thioether (sulfide) groups is 1. The van der Waals surface area contributed by atoms with Gasteiger partial charge in [-0.2, -0.15) is 0 Å². The van der Waals surface area contributed by atoms with Crippen LogP contribution in [0.3, 0.4) is 0 Å². The molecule has 1 aliphatic rings. The fourth-order valence-corrected chi connectivity index (χ4v) is 4.08. The number of nitrogens with zero attached hydrogens (tertiary/aromatic N) is 1. The van der Waals surface area contributed by atoms with Crippen LogP contribution in [0.25, 0.3) is 0 Å². The molecule has 1 amide bonds. The van der Waals surface area contributed by atoms with Gasteiger partial charge in [0.05, 0.1) is 25.4 Å². The predicted molar refractivity (Wildman–Crippen MR) is 68.5 cm³/mol. The van der Waals surface area contributed by atoms with Crippen molar-refractivity contribution in [3.05, 3.63) is 22.4 Å². The van der Waals surface area contributed by atoms with Gasteiger partial charge in [0.25, 0.3) is 0 Å². The fraction of sp³-hybridized carbons (Fsp3) is 0.545. The topological polar surface area (TPSA) is 36.9 Å². The number of nitrogens with two attached hydrogens (primary N) is 1. The van der Waals surface area contributed by atoms with Crippen molar-refractivity contribution in [1.82, 2.24) is 4.90 Å². The summed E-state index contributed by atoms with van der Waals surface area (Å²) in [6, 6.07) is 4.18. The van der Waals surface area contributed by atoms with E-state index in [1.54, 1.807) is 23.1 Å². The van der Waals surface area contributed by atoms with Crippen molar-refractivity contribution in [2.24, 2.45) is 0 Å². The van der Waals surface area contributed by atoms with Crippen LogP contribution in [-0.2, 0) is 4.79 Å². The van der Waals surface area contributed by atoms with Crippen molar-refractivity contribution < 1.29 is 10.1 Å². The van der Waals surface area contributed by atoms with Crippen molar-refractivity contribution in [2.45, 2.75) is 17.5 Å². The van der Waals surface area contributed by atoms with Gasteiger partial charge in [0.2, 0.25) is 5.91 Å². The molecule has 2 heterocycles. The summed E-state index contributed by atoms with van der Waals surface area (Å²) in [6.07, 6.45) is 0. The van der Waals surface area contributed by atoms with E-state index in [1.807, 2.05) is 18.9 Å². The Morgan fingerprint density at radius 2 is 2.38 bits per heavy atom. The lowest BCUT2D eigenvalue weighted by Crippen LogP contribution is -2.81. The average Bonchev–Trinajstić information content (AvgIpc) is 2.87. The lowest BCUT2D eigenvalue weighted by atomic mass is 10.3. The summed E-state index contributed by atoms with van der Waals surface area (Å²) in [7, 11) is 2.04. The molecule has 3 nitrogen and oxygen atoms in total. The normalized spacial score (nSPS) is 25.4. The monoisotopic (exact) mass is 257 g/mol. The zero-order chi connectivity index (χ0) is 11.5. The first-order valence-electron chi connectivity index (χ1n) is 5.51. The maximum Gasteiger partial charge on any atom is 0.236 e. The van der Waals surface area contributed by atoms with E-state index in [4.69, 9.17) is 0 Å². The molecule has 5 heteroatoms. The van der Waals surface area contributed by atoms with Crippen LogP contribution in [-0.4, -0.2) is 36.2 Å². The zero-order valence-corrected chi connectivity index (χ0v) is 11.2. The van der Waals surface area contributed by atoms with Crippen LogP contribution in [0.2, 0.25) is 0 Å². The summed E-state index contributed by atoms with van der Waals surface area (Å²) in [6.45, 7) is 3.82. The Bertz CT molecular complexity index is 353. The molecule has 2 rings (SSSR count). The van der Waals surface area contributed by atoms with Gasteiger partial charge in [-0.15, -0.1) is 23.1 Å². The second-order valence-electron chi connectivity index (χ2n) is 3.87. The molecule has 0 aromatic carbocycles. The third-order valence-corrected chi connectivity index (χ3v) is 5.14. The van der Waals surface area contributed by atoms with Gasteiger partial charge in [-0.1, -0.05) is 6.07 Å². The lowest BCUT2D eigenvalue weighted by molar-refractivity contribution is -0.626. The first-order chi connectivity index (χ1) is 7.74. The average molecular weight is 257 g/mol. The van der Waals surface area contributed by atoms with E-state index in [-0.39, 0.29) is 16.5 Å². The van der Waals surface area contributed by atoms with Crippen LogP contribution >= 0.6 is 23.1 Å². The number of likely N-dealkylation sites (N-methyl/N-ethyl adjacent to an activating group) is 1. The Balaban J connectivity index is 2.13. The Kier molecular flexibility index (Phi) is 3.89. The number of carbonyl (C=O) groups excluding carboxylic acids is 1. The van der Waals surface area contributed by atoms with Crippen LogP contribution < -0.4 is 5.32 Å². The minimum absolute atomic E-state index is 0.101. The highest BCUT2D eigenvalue weighted by Crippen LogP contribution is 2.43. The van der Waals surface area contributed by atoms with Crippen molar-refractivity contribution in [2.75, 3.05) is 20.1 Å². The van der Waals surface area contributed by atoms with E-state index < -0.39 is 0 Å². The second kappa shape index (κ2) is 5.21. The van der Waals surface area contributed by atoms with Crippen LogP contribution in [0.1, 0.15) is 17.2 Å². The molecule has 0 saturated carbocycles. The molecule has 1 aromatic rings. The molecule has 1 aromatic heterocycles. The molecule has 1 saturated heterocycles. The van der Waals surface area contributed by atoms with Gasteiger partial charge < -0.3 is 10.2 Å². The van der Waals surface area contributed by atoms with Crippen molar-refractivity contribution in [3.8, 4) is 0 Å². The van der Waals surface area contributed by atoms with E-state index in [0.29, 0.717) is 0 Å². The maximum absolute atomic E-state index is 12.0. The van der Waals surface area contributed by atoms with Crippen LogP contribution in [0, 0.1) is 0 Å². The van der Waals surface area contributed by atoms with E-state index >= 15 is 0 Å². The van der Waals surface area contributed by atoms with Crippen LogP contribution in [0.4, 0.5) is 0 Å². The third-order valence-electron chi connectivity index (χ3n) is 2.69. The molecule has 0 spiro atoms. The van der Waals surface area contributed by atoms with Crippen molar-refractivity contribution >= 4 is 29.0 Å². The van der Waals surface area contributed by atoms with Gasteiger partial charge in [-0.25, -0.2) is 0 Å². The lowest BCUT2D eigenvalue weighted by Gasteiger charge is -2.21. The molecule has 0 aliphatic carbocycles. The number of hydrogen-bond donors (Lipinski definition) is 1. The predicted octanol–water partition coefficient (Wildman–Crippen LogP) is 0.904. The zero-order valence-electron chi connectivity index (χ0n) is 9.55. The van der Waals surface area contributed by atoms with Crippen molar-refractivity contribution in [3.63, 3.8) is 0 Å². The van der Waals surface area contributed by atoms with Crippen molar-refractivity contribution in [1.29, 1.82) is 0 Å². The van der Waals surface area contributed by atoms with E-state index in [1.165, 1.54) is 4.88 Å².